The van der Waals surface area contributed by atoms with Gasteiger partial charge in [-0.15, -0.1) is 11.3 Å². The smallest absolute Gasteiger partial charge is 0.143 e. The molecule has 0 radical (unpaired) electrons. The topological polar surface area (TPSA) is 16.4 Å². The maximum atomic E-state index is 6.41. The maximum Gasteiger partial charge on any atom is 0.143 e. The first-order valence-electron chi connectivity index (χ1n) is 18.7. The van der Waals surface area contributed by atoms with Crippen molar-refractivity contribution in [2.45, 2.75) is 0 Å². The van der Waals surface area contributed by atoms with Crippen LogP contribution in [0.2, 0.25) is 0 Å². The summed E-state index contributed by atoms with van der Waals surface area (Å²) in [5.41, 5.74) is 12.1. The Kier molecular flexibility index (Phi) is 7.39. The second-order valence-electron chi connectivity index (χ2n) is 14.1. The Hall–Kier alpha value is -6.94. The second-order valence-corrected chi connectivity index (χ2v) is 15.2. The SMILES string of the molecule is c1cc(-c2ccc3c(c2)sc2ccccc23)cc(N(c2ccc(-c3ccc4ccccc4c3)cc2)c2ccc(-c3cccc4c3oc3ccccc34)cc2)c1. The summed E-state index contributed by atoms with van der Waals surface area (Å²) >= 11 is 1.86. The number of nitrogens with zero attached hydrogens (tertiary/aromatic N) is 1. The van der Waals surface area contributed by atoms with Crippen molar-refractivity contribution in [2.24, 2.45) is 0 Å². The minimum absolute atomic E-state index is 0.909. The van der Waals surface area contributed by atoms with E-state index in [0.29, 0.717) is 0 Å². The van der Waals surface area contributed by atoms with Gasteiger partial charge >= 0.3 is 0 Å². The minimum Gasteiger partial charge on any atom is -0.455 e. The maximum absolute atomic E-state index is 6.41. The number of hydrogen-bond donors (Lipinski definition) is 0. The summed E-state index contributed by atoms with van der Waals surface area (Å²) in [4.78, 5) is 2.36. The van der Waals surface area contributed by atoms with Crippen LogP contribution >= 0.6 is 11.3 Å². The standard InChI is InChI=1S/C52H33NOS/c1-2-10-37-31-39(20-19-34(37)9-1)35-21-26-41(27-22-35)53(42-28-23-36(24-29-42)44-15-8-16-48-45-13-3-5-17-49(45)54-52(44)48)43-12-7-11-38(32-43)40-25-30-47-46-14-4-6-18-50(46)55-51(47)33-40/h1-33H. The Morgan fingerprint density at radius 2 is 0.964 bits per heavy atom. The van der Waals surface area contributed by atoms with Crippen molar-refractivity contribution >= 4 is 81.3 Å². The van der Waals surface area contributed by atoms with E-state index >= 15 is 0 Å². The Labute approximate surface area is 322 Å². The third kappa shape index (κ3) is 5.48. The largest absolute Gasteiger partial charge is 0.455 e. The van der Waals surface area contributed by atoms with E-state index in [9.17, 15) is 0 Å². The molecule has 55 heavy (non-hydrogen) atoms. The highest BCUT2D eigenvalue weighted by Gasteiger charge is 2.17. The van der Waals surface area contributed by atoms with Crippen LogP contribution < -0.4 is 4.90 Å². The predicted octanol–water partition coefficient (Wildman–Crippen LogP) is 15.6. The summed E-state index contributed by atoms with van der Waals surface area (Å²) in [7, 11) is 0. The number of fused-ring (bicyclic) bond motifs is 7. The predicted molar refractivity (Wildman–Crippen MR) is 235 cm³/mol. The van der Waals surface area contributed by atoms with Gasteiger partial charge in [-0.05, 0) is 99.3 Å². The van der Waals surface area contributed by atoms with E-state index in [1.54, 1.807) is 0 Å². The molecule has 0 bridgehead atoms. The van der Waals surface area contributed by atoms with Gasteiger partial charge in [0.1, 0.15) is 11.2 Å². The second kappa shape index (κ2) is 12.9. The van der Waals surface area contributed by atoms with Crippen molar-refractivity contribution in [2.75, 3.05) is 4.90 Å². The van der Waals surface area contributed by atoms with Crippen LogP contribution in [0.1, 0.15) is 0 Å². The van der Waals surface area contributed by atoms with Gasteiger partial charge in [-0.1, -0.05) is 140 Å². The third-order valence-electron chi connectivity index (χ3n) is 10.9. The Balaban J connectivity index is 1.01. The lowest BCUT2D eigenvalue weighted by molar-refractivity contribution is 0.670. The van der Waals surface area contributed by atoms with Gasteiger partial charge < -0.3 is 9.32 Å². The van der Waals surface area contributed by atoms with Crippen LogP contribution in [0.15, 0.2) is 205 Å². The quantitative estimate of drug-likeness (QED) is 0.170. The van der Waals surface area contributed by atoms with Crippen molar-refractivity contribution in [3.63, 3.8) is 0 Å². The molecule has 2 nitrogen and oxygen atoms in total. The molecule has 258 valence electrons. The van der Waals surface area contributed by atoms with E-state index in [0.717, 1.165) is 50.1 Å². The Morgan fingerprint density at radius 1 is 0.345 bits per heavy atom. The fourth-order valence-electron chi connectivity index (χ4n) is 8.11. The third-order valence-corrected chi connectivity index (χ3v) is 12.0. The van der Waals surface area contributed by atoms with Crippen LogP contribution in [-0.2, 0) is 0 Å². The molecule has 0 saturated carbocycles. The number of furan rings is 1. The molecular weight excluding hydrogens is 687 g/mol. The molecule has 0 spiro atoms. The molecule has 0 aliphatic rings. The molecule has 2 aromatic heterocycles. The van der Waals surface area contributed by atoms with Crippen LogP contribution in [0.4, 0.5) is 17.1 Å². The summed E-state index contributed by atoms with van der Waals surface area (Å²) in [6, 6.07) is 72.3. The fraction of sp³-hybridized carbons (Fsp3) is 0. The zero-order valence-corrected chi connectivity index (χ0v) is 30.6. The van der Waals surface area contributed by atoms with E-state index in [1.807, 2.05) is 23.5 Å². The highest BCUT2D eigenvalue weighted by atomic mass is 32.1. The number of thiophene rings is 1. The fourth-order valence-corrected chi connectivity index (χ4v) is 9.26. The normalized spacial score (nSPS) is 11.6. The molecule has 0 amide bonds. The van der Waals surface area contributed by atoms with E-state index in [1.165, 1.54) is 53.2 Å². The molecule has 0 fully saturated rings. The molecule has 2 heterocycles. The number of anilines is 3. The minimum atomic E-state index is 0.909. The average Bonchev–Trinajstić information content (AvgIpc) is 3.82. The number of benzene rings is 9. The van der Waals surface area contributed by atoms with E-state index in [-0.39, 0.29) is 0 Å². The van der Waals surface area contributed by atoms with Crippen LogP contribution in [0.3, 0.4) is 0 Å². The number of hydrogen-bond acceptors (Lipinski definition) is 3. The van der Waals surface area contributed by atoms with Gasteiger partial charge in [0, 0.05) is 53.6 Å². The molecule has 0 aliphatic heterocycles. The van der Waals surface area contributed by atoms with Crippen LogP contribution in [0, 0.1) is 0 Å². The summed E-state index contributed by atoms with van der Waals surface area (Å²) in [5, 5.41) is 7.40. The molecule has 3 heteroatoms. The van der Waals surface area contributed by atoms with Gasteiger partial charge in [-0.2, -0.15) is 0 Å². The van der Waals surface area contributed by atoms with E-state index in [2.05, 4.69) is 193 Å². The molecule has 0 aliphatic carbocycles. The van der Waals surface area contributed by atoms with Crippen molar-refractivity contribution in [3.8, 4) is 33.4 Å². The summed E-state index contributed by atoms with van der Waals surface area (Å²) in [6.07, 6.45) is 0. The lowest BCUT2D eigenvalue weighted by atomic mass is 10.00. The van der Waals surface area contributed by atoms with Crippen LogP contribution in [-0.4, -0.2) is 0 Å². The Morgan fingerprint density at radius 3 is 1.82 bits per heavy atom. The van der Waals surface area contributed by atoms with Gasteiger partial charge in [-0.3, -0.25) is 0 Å². The van der Waals surface area contributed by atoms with Gasteiger partial charge in [-0.25, -0.2) is 0 Å². The molecule has 9 aromatic carbocycles. The summed E-state index contributed by atoms with van der Waals surface area (Å²) < 4.78 is 9.04. The van der Waals surface area contributed by atoms with Crippen molar-refractivity contribution in [1.29, 1.82) is 0 Å². The molecule has 11 rings (SSSR count). The van der Waals surface area contributed by atoms with Crippen LogP contribution in [0.5, 0.6) is 0 Å². The summed E-state index contributed by atoms with van der Waals surface area (Å²) in [5.74, 6) is 0. The average molecular weight is 720 g/mol. The molecule has 0 N–H and O–H groups in total. The van der Waals surface area contributed by atoms with Crippen molar-refractivity contribution < 1.29 is 4.42 Å². The zero-order valence-electron chi connectivity index (χ0n) is 29.8. The molecule has 0 saturated heterocycles. The number of rotatable bonds is 6. The molecule has 0 unspecified atom stereocenters. The van der Waals surface area contributed by atoms with Crippen LogP contribution in [0.25, 0.3) is 86.3 Å². The molecular formula is C52H33NOS. The first-order chi connectivity index (χ1) is 27.2. The summed E-state index contributed by atoms with van der Waals surface area (Å²) in [6.45, 7) is 0. The Bertz CT molecular complexity index is 3210. The first-order valence-corrected chi connectivity index (χ1v) is 19.5. The highest BCUT2D eigenvalue weighted by Crippen LogP contribution is 2.42. The highest BCUT2D eigenvalue weighted by molar-refractivity contribution is 7.25. The zero-order chi connectivity index (χ0) is 36.3. The molecule has 11 aromatic rings. The van der Waals surface area contributed by atoms with E-state index < -0.39 is 0 Å². The lowest BCUT2D eigenvalue weighted by Gasteiger charge is -2.26. The van der Waals surface area contributed by atoms with E-state index in [4.69, 9.17) is 4.42 Å². The van der Waals surface area contributed by atoms with Gasteiger partial charge in [0.15, 0.2) is 0 Å². The van der Waals surface area contributed by atoms with Gasteiger partial charge in [0.25, 0.3) is 0 Å². The lowest BCUT2D eigenvalue weighted by Crippen LogP contribution is -2.10. The number of para-hydroxylation sites is 2. The monoisotopic (exact) mass is 719 g/mol. The van der Waals surface area contributed by atoms with Gasteiger partial charge in [0.05, 0.1) is 0 Å². The van der Waals surface area contributed by atoms with Crippen molar-refractivity contribution in [1.82, 2.24) is 0 Å². The van der Waals surface area contributed by atoms with Crippen molar-refractivity contribution in [3.05, 3.63) is 200 Å². The first kappa shape index (κ1) is 31.6. The van der Waals surface area contributed by atoms with Gasteiger partial charge in [0.2, 0.25) is 0 Å². The molecule has 0 atom stereocenters.